The number of carbonyl (C=O) groups is 4. The van der Waals surface area contributed by atoms with Crippen LogP contribution in [0, 0.1) is 23.7 Å². The van der Waals surface area contributed by atoms with Gasteiger partial charge in [-0.2, -0.15) is 0 Å². The Morgan fingerprint density at radius 2 is 1.45 bits per heavy atom. The third-order valence-corrected chi connectivity index (χ3v) is 16.2. The van der Waals surface area contributed by atoms with Crippen LogP contribution >= 0.6 is 23.6 Å². The van der Waals surface area contributed by atoms with E-state index in [0.29, 0.717) is 18.0 Å². The fourth-order valence-corrected chi connectivity index (χ4v) is 12.1. The van der Waals surface area contributed by atoms with Gasteiger partial charge >= 0.3 is 6.09 Å². The second-order valence-corrected chi connectivity index (χ2v) is 21.4. The zero-order valence-corrected chi connectivity index (χ0v) is 45.1. The average Bonchev–Trinajstić information content (AvgIpc) is 4.14. The summed E-state index contributed by atoms with van der Waals surface area (Å²) in [5.74, 6) is -2.09. The number of methoxy groups -OCH3 is 2. The average molecular weight is 1010 g/mol. The molecule has 0 saturated carbocycles. The van der Waals surface area contributed by atoms with Crippen LogP contribution in [-0.4, -0.2) is 126 Å². The number of thiocarbonyl (C=S) groups is 1. The number of aromatic nitrogens is 1. The van der Waals surface area contributed by atoms with Crippen molar-refractivity contribution in [3.63, 3.8) is 0 Å². The Balaban J connectivity index is 1.11. The van der Waals surface area contributed by atoms with Crippen molar-refractivity contribution < 1.29 is 33.4 Å². The third-order valence-electron chi connectivity index (χ3n) is 14.8. The lowest BCUT2D eigenvalue weighted by molar-refractivity contribution is -0.141. The Morgan fingerprint density at radius 1 is 0.845 bits per heavy atom. The lowest BCUT2D eigenvalue weighted by Crippen LogP contribution is -2.60. The maximum atomic E-state index is 14.6. The van der Waals surface area contributed by atoms with E-state index in [2.05, 4.69) is 72.8 Å². The van der Waals surface area contributed by atoms with E-state index in [-0.39, 0.29) is 72.8 Å². The number of hydrogen-bond acceptors (Lipinski definition) is 11. The minimum Gasteiger partial charge on any atom is -0.448 e. The molecule has 0 radical (unpaired) electrons. The van der Waals surface area contributed by atoms with Crippen LogP contribution < -0.4 is 10.6 Å². The number of rotatable bonds is 23. The van der Waals surface area contributed by atoms with Crippen molar-refractivity contribution >= 4 is 52.4 Å². The highest BCUT2D eigenvalue weighted by atomic mass is 32.1. The number of carbonyl (C=O) groups excluding carboxylic acids is 4. The maximum Gasteiger partial charge on any atom is 0.410 e. The number of nitrogens with zero attached hydrogens (tertiary/aromatic N) is 4. The van der Waals surface area contributed by atoms with Crippen molar-refractivity contribution in [2.24, 2.45) is 23.7 Å². The van der Waals surface area contributed by atoms with Gasteiger partial charge in [-0.05, 0) is 71.9 Å². The standard InChI is InChI=1S/C56H76N6O7S2/c1-12-36(6)50(46(67-10)32-47(63)62-29-20-27-45(62)51(68-11)37(7)54(70)58-44(55-57-28-30-71-55)31-38-21-14-13-15-22-38)60(8)48(34(2)3)52(64)59-53(65)49(35(4)5)61(9)56(66)69-33-43-41-25-18-16-23-39(41)40-24-17-19-26-42(40)43/h13-19,21-26,28,30,34-37,43-46,48-51H,12,20,27,29,31-33H2,1-11H3,(H,58,70)(H,59,64,65)/t36-,37+,44-,45-,46+,48-,49-,50-,51+/m0/s1. The van der Waals surface area contributed by atoms with Crippen LogP contribution in [-0.2, 0) is 35.0 Å². The molecule has 6 rings (SSSR count). The molecule has 1 aromatic heterocycles. The Morgan fingerprint density at radius 3 is 2.01 bits per heavy atom. The molecule has 2 aliphatic rings. The van der Waals surface area contributed by atoms with Crippen LogP contribution in [0.25, 0.3) is 11.1 Å². The molecule has 384 valence electrons. The first-order valence-corrected chi connectivity index (χ1v) is 26.5. The number of benzene rings is 3. The smallest absolute Gasteiger partial charge is 0.410 e. The highest BCUT2D eigenvalue weighted by Crippen LogP contribution is 2.44. The largest absolute Gasteiger partial charge is 0.448 e. The lowest BCUT2D eigenvalue weighted by atomic mass is 9.87. The maximum absolute atomic E-state index is 14.6. The molecule has 9 atom stereocenters. The number of fused-ring (bicyclic) bond motifs is 3. The van der Waals surface area contributed by atoms with Crippen LogP contribution in [0.15, 0.2) is 90.4 Å². The molecular weight excluding hydrogens is 933 g/mol. The summed E-state index contributed by atoms with van der Waals surface area (Å²) in [6.07, 6.45) is 3.33. The summed E-state index contributed by atoms with van der Waals surface area (Å²) in [5, 5.41) is 9.23. The molecule has 3 aromatic carbocycles. The number of ether oxygens (including phenoxy) is 3. The molecule has 0 bridgehead atoms. The fraction of sp³-hybridized carbons (Fsp3) is 0.536. The highest BCUT2D eigenvalue weighted by Gasteiger charge is 2.44. The van der Waals surface area contributed by atoms with Crippen LogP contribution in [0.5, 0.6) is 0 Å². The number of imide groups is 1. The molecule has 1 aliphatic heterocycles. The summed E-state index contributed by atoms with van der Waals surface area (Å²) in [6, 6.07) is 24.0. The minimum absolute atomic E-state index is 0.00292. The van der Waals surface area contributed by atoms with Gasteiger partial charge in [0, 0.05) is 57.3 Å². The summed E-state index contributed by atoms with van der Waals surface area (Å²) in [5.41, 5.74) is 5.58. The number of thiazole rings is 1. The Bertz CT molecular complexity index is 2360. The Hall–Kier alpha value is -5.06. The lowest BCUT2D eigenvalue weighted by Gasteiger charge is -2.43. The summed E-state index contributed by atoms with van der Waals surface area (Å²) in [6.45, 7) is 14.5. The molecule has 0 unspecified atom stereocenters. The van der Waals surface area contributed by atoms with E-state index in [9.17, 15) is 19.2 Å². The van der Waals surface area contributed by atoms with Gasteiger partial charge in [0.1, 0.15) is 17.7 Å². The second-order valence-electron chi connectivity index (χ2n) is 20.1. The van der Waals surface area contributed by atoms with Crippen LogP contribution in [0.2, 0.25) is 0 Å². The predicted octanol–water partition coefficient (Wildman–Crippen LogP) is 9.31. The van der Waals surface area contributed by atoms with Gasteiger partial charge in [0.2, 0.25) is 17.7 Å². The molecule has 2 N–H and O–H groups in total. The number of amides is 4. The molecule has 0 spiro atoms. The summed E-state index contributed by atoms with van der Waals surface area (Å²) < 4.78 is 18.4. The molecule has 4 amide bonds. The number of likely N-dealkylation sites (N-methyl/N-ethyl adjacent to an activating group) is 2. The highest BCUT2D eigenvalue weighted by molar-refractivity contribution is 7.80. The van der Waals surface area contributed by atoms with Crippen molar-refractivity contribution in [2.45, 2.75) is 129 Å². The molecular formula is C56H76N6O7S2. The van der Waals surface area contributed by atoms with Crippen LogP contribution in [0.1, 0.15) is 108 Å². The van der Waals surface area contributed by atoms with Crippen molar-refractivity contribution in [2.75, 3.05) is 41.5 Å². The summed E-state index contributed by atoms with van der Waals surface area (Å²) in [7, 11) is 6.71. The predicted molar refractivity (Wildman–Crippen MR) is 285 cm³/mol. The molecule has 15 heteroatoms. The first kappa shape index (κ1) is 55.3. The van der Waals surface area contributed by atoms with Gasteiger partial charge in [-0.1, -0.05) is 146 Å². The van der Waals surface area contributed by atoms with Gasteiger partial charge in [0.05, 0.1) is 41.7 Å². The third kappa shape index (κ3) is 13.0. The van der Waals surface area contributed by atoms with E-state index in [0.717, 1.165) is 46.5 Å². The van der Waals surface area contributed by atoms with Crippen molar-refractivity contribution in [1.82, 2.24) is 30.3 Å². The zero-order chi connectivity index (χ0) is 51.5. The summed E-state index contributed by atoms with van der Waals surface area (Å²) >= 11 is 7.68. The quantitative estimate of drug-likeness (QED) is 0.0687. The first-order chi connectivity index (χ1) is 34.0. The monoisotopic (exact) mass is 1010 g/mol. The first-order valence-electron chi connectivity index (χ1n) is 25.3. The van der Waals surface area contributed by atoms with Gasteiger partial charge in [0.25, 0.3) is 0 Å². The topological polar surface area (TPSA) is 143 Å². The van der Waals surface area contributed by atoms with E-state index in [4.69, 9.17) is 26.4 Å². The minimum atomic E-state index is -0.992. The van der Waals surface area contributed by atoms with E-state index < -0.39 is 36.1 Å². The molecule has 2 heterocycles. The number of nitrogens with one attached hydrogen (secondary N) is 2. The Kier molecular flexibility index (Phi) is 19.9. The molecule has 1 aliphatic carbocycles. The Labute approximate surface area is 431 Å². The SMILES string of the molecule is CC[C@H](C)[C@@H]([C@@H](CC(=O)N1CCC[C@H]1[C@H](OC)[C@@H](C)C(=S)N[C@@H](Cc1ccccc1)c1nccs1)OC)N(C)[C@H](C(=O)NC(=O)[C@H](C(C)C)N(C)C(=O)OCC1c2ccccc2-c2ccccc21)C(C)C. The van der Waals surface area contributed by atoms with Crippen LogP contribution in [0.3, 0.4) is 0 Å². The number of hydrogen-bond donors (Lipinski definition) is 2. The summed E-state index contributed by atoms with van der Waals surface area (Å²) in [4.78, 5) is 67.5. The normalized spacial score (nSPS) is 17.9. The van der Waals surface area contributed by atoms with Gasteiger partial charge in [-0.25, -0.2) is 9.78 Å². The van der Waals surface area contributed by atoms with Gasteiger partial charge in [-0.3, -0.25) is 29.5 Å². The van der Waals surface area contributed by atoms with Gasteiger partial charge < -0.3 is 24.4 Å². The number of likely N-dealkylation sites (tertiary alicyclic amines) is 1. The van der Waals surface area contributed by atoms with Crippen molar-refractivity contribution in [1.29, 1.82) is 0 Å². The fourth-order valence-electron chi connectivity index (χ4n) is 11.1. The molecule has 1 fully saturated rings. The van der Waals surface area contributed by atoms with Crippen molar-refractivity contribution in [3.05, 3.63) is 112 Å². The zero-order valence-electron chi connectivity index (χ0n) is 43.5. The second kappa shape index (κ2) is 25.5. The van der Waals surface area contributed by atoms with Crippen LogP contribution in [0.4, 0.5) is 4.79 Å². The molecule has 1 saturated heterocycles. The van der Waals surface area contributed by atoms with E-state index in [1.54, 1.807) is 25.6 Å². The molecule has 13 nitrogen and oxygen atoms in total. The van der Waals surface area contributed by atoms with Crippen molar-refractivity contribution in [3.8, 4) is 11.1 Å². The van der Waals surface area contributed by atoms with E-state index in [1.165, 1.54) is 17.5 Å². The van der Waals surface area contributed by atoms with E-state index >= 15 is 0 Å². The molecule has 71 heavy (non-hydrogen) atoms. The van der Waals surface area contributed by atoms with Gasteiger partial charge in [0.15, 0.2) is 0 Å². The molecule has 4 aromatic rings. The van der Waals surface area contributed by atoms with E-state index in [1.807, 2.05) is 98.6 Å². The van der Waals surface area contributed by atoms with Gasteiger partial charge in [-0.15, -0.1) is 11.3 Å².